The summed E-state index contributed by atoms with van der Waals surface area (Å²) in [7, 11) is 2.17. The van der Waals surface area contributed by atoms with Crippen molar-refractivity contribution in [1.82, 2.24) is 14.5 Å². The molecule has 0 radical (unpaired) electrons. The number of likely N-dealkylation sites (N-methyl/N-ethyl adjacent to an activating group) is 1. The predicted molar refractivity (Wildman–Crippen MR) is 79.5 cm³/mol. The van der Waals surface area contributed by atoms with Crippen LogP contribution >= 0.6 is 11.6 Å². The van der Waals surface area contributed by atoms with Gasteiger partial charge in [-0.2, -0.15) is 0 Å². The second-order valence-electron chi connectivity index (χ2n) is 5.65. The smallest absolute Gasteiger partial charge is 0.125 e. The lowest BCUT2D eigenvalue weighted by Crippen LogP contribution is -2.34. The number of fused-ring (bicyclic) bond motifs is 1. The molecule has 1 aliphatic carbocycles. The lowest BCUT2D eigenvalue weighted by atomic mass is 10.2. The molecule has 1 unspecified atom stereocenters. The Morgan fingerprint density at radius 1 is 1.50 bits per heavy atom. The van der Waals surface area contributed by atoms with Crippen molar-refractivity contribution in [2.45, 2.75) is 44.3 Å². The second-order valence-corrected chi connectivity index (χ2v) is 5.92. The van der Waals surface area contributed by atoms with E-state index in [2.05, 4.69) is 28.4 Å². The fraction of sp³-hybridized carbons (Fsp3) is 0.533. The van der Waals surface area contributed by atoms with Crippen LogP contribution in [-0.2, 0) is 12.4 Å². The van der Waals surface area contributed by atoms with Crippen molar-refractivity contribution >= 4 is 22.6 Å². The maximum atomic E-state index is 13.3. The quantitative estimate of drug-likeness (QED) is 0.788. The molecule has 1 saturated carbocycles. The minimum atomic E-state index is -0.258. The number of aromatic nitrogens is 2. The zero-order valence-electron chi connectivity index (χ0n) is 11.8. The van der Waals surface area contributed by atoms with Crippen LogP contribution in [-0.4, -0.2) is 33.6 Å². The largest absolute Gasteiger partial charge is 0.325 e. The average Bonchev–Trinajstić information content (AvgIpc) is 3.22. The lowest BCUT2D eigenvalue weighted by Gasteiger charge is -2.25. The highest BCUT2D eigenvalue weighted by atomic mass is 35.5. The highest BCUT2D eigenvalue weighted by Crippen LogP contribution is 2.28. The van der Waals surface area contributed by atoms with Gasteiger partial charge in [0, 0.05) is 24.7 Å². The molecule has 20 heavy (non-hydrogen) atoms. The fourth-order valence-corrected chi connectivity index (χ4v) is 2.90. The Balaban J connectivity index is 1.92. The van der Waals surface area contributed by atoms with Crippen molar-refractivity contribution in [2.24, 2.45) is 0 Å². The third kappa shape index (κ3) is 2.54. The average molecular weight is 296 g/mol. The maximum Gasteiger partial charge on any atom is 0.125 e. The molecule has 1 fully saturated rings. The third-order valence-corrected chi connectivity index (χ3v) is 4.41. The summed E-state index contributed by atoms with van der Waals surface area (Å²) in [6.07, 6.45) is 2.58. The molecule has 3 nitrogen and oxygen atoms in total. The van der Waals surface area contributed by atoms with E-state index in [1.54, 1.807) is 6.07 Å². The number of halogens is 2. The van der Waals surface area contributed by atoms with Crippen LogP contribution in [0.2, 0.25) is 0 Å². The highest BCUT2D eigenvalue weighted by Gasteiger charge is 2.29. The van der Waals surface area contributed by atoms with Gasteiger partial charge in [0.05, 0.1) is 16.9 Å². The molecule has 0 saturated heterocycles. The van der Waals surface area contributed by atoms with E-state index >= 15 is 0 Å². The Morgan fingerprint density at radius 2 is 2.25 bits per heavy atom. The van der Waals surface area contributed by atoms with Gasteiger partial charge in [-0.3, -0.25) is 4.90 Å². The molecule has 0 spiro atoms. The minimum Gasteiger partial charge on any atom is -0.325 e. The van der Waals surface area contributed by atoms with E-state index in [4.69, 9.17) is 11.6 Å². The lowest BCUT2D eigenvalue weighted by molar-refractivity contribution is 0.226. The fourth-order valence-electron chi connectivity index (χ4n) is 2.69. The van der Waals surface area contributed by atoms with Gasteiger partial charge in [0.25, 0.3) is 0 Å². The topological polar surface area (TPSA) is 21.1 Å². The molecule has 0 amide bonds. The summed E-state index contributed by atoms with van der Waals surface area (Å²) in [5.74, 6) is 0.894. The van der Waals surface area contributed by atoms with E-state index in [1.807, 2.05) is 0 Å². The van der Waals surface area contributed by atoms with Crippen molar-refractivity contribution in [3.63, 3.8) is 0 Å². The van der Waals surface area contributed by atoms with Gasteiger partial charge in [0.2, 0.25) is 0 Å². The van der Waals surface area contributed by atoms with Crippen LogP contribution < -0.4 is 0 Å². The van der Waals surface area contributed by atoms with Crippen molar-refractivity contribution in [1.29, 1.82) is 0 Å². The SMILES string of the molecule is CC(Cn1c(CCl)nc2cc(F)ccc21)N(C)C1CC1. The number of rotatable bonds is 5. The molecule has 1 atom stereocenters. The Labute approximate surface area is 123 Å². The number of benzene rings is 1. The molecule has 1 aliphatic rings. The van der Waals surface area contributed by atoms with Gasteiger partial charge >= 0.3 is 0 Å². The van der Waals surface area contributed by atoms with Gasteiger partial charge in [-0.1, -0.05) is 0 Å². The van der Waals surface area contributed by atoms with Gasteiger partial charge in [-0.05, 0) is 38.9 Å². The molecular formula is C15H19ClFN3. The summed E-state index contributed by atoms with van der Waals surface area (Å²) in [6.45, 7) is 3.04. The molecule has 1 heterocycles. The van der Waals surface area contributed by atoms with E-state index in [-0.39, 0.29) is 5.82 Å². The van der Waals surface area contributed by atoms with Crippen LogP contribution in [0.5, 0.6) is 0 Å². The van der Waals surface area contributed by atoms with Crippen LogP contribution in [0.15, 0.2) is 18.2 Å². The number of hydrogen-bond acceptors (Lipinski definition) is 2. The molecular weight excluding hydrogens is 277 g/mol. The summed E-state index contributed by atoms with van der Waals surface area (Å²) >= 11 is 5.99. The number of nitrogens with zero attached hydrogens (tertiary/aromatic N) is 3. The maximum absolute atomic E-state index is 13.3. The van der Waals surface area contributed by atoms with Crippen LogP contribution in [0.1, 0.15) is 25.6 Å². The Bertz CT molecular complexity index is 621. The third-order valence-electron chi connectivity index (χ3n) is 4.17. The number of hydrogen-bond donors (Lipinski definition) is 0. The van der Waals surface area contributed by atoms with Gasteiger partial charge in [0.15, 0.2) is 0 Å². The summed E-state index contributed by atoms with van der Waals surface area (Å²) < 4.78 is 15.4. The standard InChI is InChI=1S/C15H19ClFN3/c1-10(19(2)12-4-5-12)9-20-14-6-3-11(17)7-13(14)18-15(20)8-16/h3,6-7,10,12H,4-5,8-9H2,1-2H3. The van der Waals surface area contributed by atoms with E-state index < -0.39 is 0 Å². The molecule has 2 aromatic rings. The van der Waals surface area contributed by atoms with Crippen molar-refractivity contribution in [3.05, 3.63) is 29.8 Å². The molecule has 3 rings (SSSR count). The van der Waals surface area contributed by atoms with Crippen LogP contribution in [0.25, 0.3) is 11.0 Å². The van der Waals surface area contributed by atoms with Crippen molar-refractivity contribution < 1.29 is 4.39 Å². The molecule has 0 bridgehead atoms. The second kappa shape index (κ2) is 5.34. The zero-order chi connectivity index (χ0) is 14.3. The van der Waals surface area contributed by atoms with Gasteiger partial charge in [-0.25, -0.2) is 9.37 Å². The predicted octanol–water partition coefficient (Wildman–Crippen LogP) is 3.40. The first-order valence-corrected chi connectivity index (χ1v) is 7.56. The molecule has 0 N–H and O–H groups in total. The van der Waals surface area contributed by atoms with Gasteiger partial charge in [0.1, 0.15) is 11.6 Å². The normalized spacial score (nSPS) is 17.1. The summed E-state index contributed by atoms with van der Waals surface area (Å²) in [4.78, 5) is 6.85. The monoisotopic (exact) mass is 295 g/mol. The number of alkyl halides is 1. The van der Waals surface area contributed by atoms with E-state index in [0.717, 1.165) is 23.9 Å². The van der Waals surface area contributed by atoms with Gasteiger partial charge in [-0.15, -0.1) is 11.6 Å². The molecule has 1 aromatic heterocycles. The summed E-state index contributed by atoms with van der Waals surface area (Å²) in [5, 5.41) is 0. The Hall–Kier alpha value is -1.13. The first-order chi connectivity index (χ1) is 9.60. The molecule has 0 aliphatic heterocycles. The van der Waals surface area contributed by atoms with Crippen molar-refractivity contribution in [3.8, 4) is 0 Å². The van der Waals surface area contributed by atoms with Crippen molar-refractivity contribution in [2.75, 3.05) is 7.05 Å². The van der Waals surface area contributed by atoms with E-state index in [0.29, 0.717) is 17.4 Å². The summed E-state index contributed by atoms with van der Waals surface area (Å²) in [6, 6.07) is 5.87. The van der Waals surface area contributed by atoms with Gasteiger partial charge < -0.3 is 4.57 Å². The van der Waals surface area contributed by atoms with Crippen LogP contribution in [0.4, 0.5) is 4.39 Å². The molecule has 1 aromatic carbocycles. The molecule has 5 heteroatoms. The van der Waals surface area contributed by atoms with Crippen LogP contribution in [0, 0.1) is 5.82 Å². The molecule has 108 valence electrons. The highest BCUT2D eigenvalue weighted by molar-refractivity contribution is 6.16. The summed E-state index contributed by atoms with van der Waals surface area (Å²) in [5.41, 5.74) is 1.64. The number of imidazole rings is 1. The minimum absolute atomic E-state index is 0.258. The Kier molecular flexibility index (Phi) is 3.69. The van der Waals surface area contributed by atoms with Crippen LogP contribution in [0.3, 0.4) is 0 Å². The van der Waals surface area contributed by atoms with E-state index in [9.17, 15) is 4.39 Å². The zero-order valence-corrected chi connectivity index (χ0v) is 12.6. The van der Waals surface area contributed by atoms with E-state index in [1.165, 1.54) is 25.0 Å². The Morgan fingerprint density at radius 3 is 2.90 bits per heavy atom. The first-order valence-electron chi connectivity index (χ1n) is 7.02. The first kappa shape index (κ1) is 13.8.